The summed E-state index contributed by atoms with van der Waals surface area (Å²) in [4.78, 5) is 0. The van der Waals surface area contributed by atoms with Gasteiger partial charge in [-0.2, -0.15) is 50.5 Å². The van der Waals surface area contributed by atoms with Crippen LogP contribution in [0, 0.1) is 0 Å². The molecule has 0 aromatic rings. The van der Waals surface area contributed by atoms with E-state index in [-0.39, 0.29) is 54.3 Å². The van der Waals surface area contributed by atoms with E-state index in [1.807, 2.05) is 0 Å². The van der Waals surface area contributed by atoms with Crippen LogP contribution in [-0.2, 0) is 79.8 Å². The second-order valence-corrected chi connectivity index (χ2v) is 8.06. The van der Waals surface area contributed by atoms with Gasteiger partial charge in [-0.25, -0.2) is 0 Å². The zero-order valence-electron chi connectivity index (χ0n) is 17.4. The van der Waals surface area contributed by atoms with E-state index in [0.717, 1.165) is 0 Å². The average Bonchev–Trinajstić information content (AvgIpc) is 1.94. The quantitative estimate of drug-likeness (QED) is 0.110. The smallest absolute Gasteiger partial charge is 0.344 e. The molecule has 37 heavy (non-hydrogen) atoms. The van der Waals surface area contributed by atoms with Crippen molar-refractivity contribution in [2.75, 3.05) is 0 Å². The first-order valence-corrected chi connectivity index (χ1v) is 12.6. The van der Waals surface area contributed by atoms with Gasteiger partial charge in [0.15, 0.2) is 0 Å². The molecule has 0 radical (unpaired) electrons. The molecule has 0 aromatic heterocycles. The number of hydrogen-bond acceptors (Lipinski definition) is 18. The molecule has 30 nitrogen and oxygen atoms in total. The summed E-state index contributed by atoms with van der Waals surface area (Å²) in [6, 6.07) is 0. The summed E-state index contributed by atoms with van der Waals surface area (Å²) in [5, 5.41) is 0. The van der Waals surface area contributed by atoms with E-state index >= 15 is 0 Å². The predicted octanol–water partition coefficient (Wildman–Crippen LogP) is -2.95. The van der Waals surface area contributed by atoms with Crippen LogP contribution in [0.15, 0.2) is 0 Å². The third kappa shape index (κ3) is 168000. The first-order valence-electron chi connectivity index (χ1n) is 4.19. The van der Waals surface area contributed by atoms with Gasteiger partial charge in [0.25, 0.3) is 0 Å². The van der Waals surface area contributed by atoms with E-state index in [1.54, 1.807) is 0 Å². The van der Waals surface area contributed by atoms with Crippen LogP contribution in [-0.4, -0.2) is 105 Å². The second kappa shape index (κ2) is 33.5. The van der Waals surface area contributed by atoms with Crippen molar-refractivity contribution in [3.05, 3.63) is 0 Å². The maximum Gasteiger partial charge on any atom is 0.394 e. The second-order valence-electron chi connectivity index (χ2n) is 2.69. The molecule has 0 unspecified atom stereocenters. The van der Waals surface area contributed by atoms with E-state index in [2.05, 4.69) is 0 Å². The Morgan fingerprint density at radius 3 is 0.216 bits per heavy atom. The summed E-state index contributed by atoms with van der Waals surface area (Å²) in [6.45, 7) is 0. The van der Waals surface area contributed by atoms with E-state index in [9.17, 15) is 0 Å². The molecular formula is H30CrN6O24S6. The monoisotopic (exact) mass is 742 g/mol. The van der Waals surface area contributed by atoms with E-state index < -0.39 is 62.4 Å². The van der Waals surface area contributed by atoms with Crippen LogP contribution in [0.5, 0.6) is 0 Å². The van der Waals surface area contributed by atoms with Gasteiger partial charge in [-0.05, 0) is 0 Å². The summed E-state index contributed by atoms with van der Waals surface area (Å²) < 4.78 is 190. The molecule has 0 aliphatic rings. The van der Waals surface area contributed by atoms with Gasteiger partial charge in [-0.1, -0.05) is 0 Å². The predicted molar refractivity (Wildman–Crippen MR) is 115 cm³/mol. The van der Waals surface area contributed by atoms with Gasteiger partial charge in [0, 0.05) is 17.4 Å². The topological polar surface area (TPSA) is 658 Å². The minimum atomic E-state index is -4.67. The fourth-order valence-corrected chi connectivity index (χ4v) is 0. The van der Waals surface area contributed by atoms with Crippen molar-refractivity contribution in [3.8, 4) is 0 Å². The molecule has 0 amide bonds. The Balaban J connectivity index is -0.0000000164. The van der Waals surface area contributed by atoms with Gasteiger partial charge in [-0.3, -0.25) is 54.6 Å². The molecule has 0 aliphatic carbocycles. The first-order chi connectivity index (χ1) is 12.0. The Morgan fingerprint density at radius 2 is 0.216 bits per heavy atom. The maximum absolute atomic E-state index is 8.74. The number of hydrogen-bond donors (Lipinski definition) is 18. The van der Waals surface area contributed by atoms with E-state index in [0.29, 0.717) is 0 Å². The normalized spacial score (nSPS) is 9.41. The summed E-state index contributed by atoms with van der Waals surface area (Å²) >= 11 is 0. The van der Waals surface area contributed by atoms with Crippen LogP contribution in [0.4, 0.5) is 0 Å². The molecular weight excluding hydrogens is 712 g/mol. The van der Waals surface area contributed by atoms with Crippen molar-refractivity contribution in [2.45, 2.75) is 0 Å². The molecule has 0 heterocycles. The third-order valence-electron chi connectivity index (χ3n) is 0. The summed E-state index contributed by atoms with van der Waals surface area (Å²) in [7, 11) is -28.0. The maximum atomic E-state index is 8.74. The van der Waals surface area contributed by atoms with Crippen molar-refractivity contribution in [2.24, 2.45) is 0 Å². The zero-order valence-corrected chi connectivity index (χ0v) is 23.5. The minimum Gasteiger partial charge on any atom is -0.344 e. The molecule has 0 bridgehead atoms. The van der Waals surface area contributed by atoms with Crippen molar-refractivity contribution >= 4 is 62.4 Å². The Bertz CT molecular complexity index is 784. The van der Waals surface area contributed by atoms with Gasteiger partial charge in [-0.15, -0.1) is 0 Å². The van der Waals surface area contributed by atoms with Crippen LogP contribution >= 0.6 is 0 Å². The molecule has 246 valence electrons. The summed E-state index contributed by atoms with van der Waals surface area (Å²) in [5.74, 6) is 0. The van der Waals surface area contributed by atoms with Crippen molar-refractivity contribution in [3.63, 3.8) is 0 Å². The Labute approximate surface area is 221 Å². The van der Waals surface area contributed by atoms with Gasteiger partial charge in [0.1, 0.15) is 0 Å². The van der Waals surface area contributed by atoms with Crippen LogP contribution < -0.4 is 36.9 Å². The van der Waals surface area contributed by atoms with Crippen LogP contribution in [0.3, 0.4) is 0 Å². The van der Waals surface area contributed by atoms with Gasteiger partial charge in [0.05, 0.1) is 0 Å². The van der Waals surface area contributed by atoms with Crippen LogP contribution in [0.1, 0.15) is 0 Å². The van der Waals surface area contributed by atoms with Crippen molar-refractivity contribution in [1.82, 2.24) is 36.9 Å². The molecule has 0 saturated carbocycles. The standard InChI is InChI=1S/Cr.6H3N.6H2O4S/c;;;;;;;6*1-5(2,3)4/h;6*1H3;6*(H2,1,2,3,4). The van der Waals surface area contributed by atoms with Crippen molar-refractivity contribution in [1.29, 1.82) is 0 Å². The molecule has 0 saturated heterocycles. The molecule has 0 aliphatic heterocycles. The fraction of sp³-hybridized carbons (Fsp3) is 0. The van der Waals surface area contributed by atoms with Crippen molar-refractivity contribution < 1.29 is 123 Å². The first kappa shape index (κ1) is 83.3. The Kier molecular flexibility index (Phi) is 75.5. The average molecular weight is 743 g/mol. The third-order valence-corrected chi connectivity index (χ3v) is 0. The van der Waals surface area contributed by atoms with Gasteiger partial charge < -0.3 is 36.9 Å². The molecule has 0 rings (SSSR count). The Morgan fingerprint density at radius 1 is 0.216 bits per heavy atom. The molecule has 0 spiro atoms. The summed E-state index contributed by atoms with van der Waals surface area (Å²) in [5.41, 5.74) is 0. The van der Waals surface area contributed by atoms with Crippen LogP contribution in [0.2, 0.25) is 0 Å². The minimum absolute atomic E-state index is 0. The number of rotatable bonds is 0. The molecule has 0 atom stereocenters. The summed E-state index contributed by atoms with van der Waals surface area (Å²) in [6.07, 6.45) is 0. The van der Waals surface area contributed by atoms with Gasteiger partial charge >= 0.3 is 62.4 Å². The van der Waals surface area contributed by atoms with Gasteiger partial charge in [0.2, 0.25) is 0 Å². The largest absolute Gasteiger partial charge is 0.394 e. The molecule has 0 fully saturated rings. The SMILES string of the molecule is N.N.N.N.N.N.O=S(=O)(O)O.O=S(=O)(O)O.O=S(=O)(O)O.O=S(=O)(O)O.O=S(=O)(O)O.O=S(=O)(O)O.[Cr]. The fourth-order valence-electron chi connectivity index (χ4n) is 0. The van der Waals surface area contributed by atoms with E-state index in [4.69, 9.17) is 105 Å². The molecule has 30 N–H and O–H groups in total. The van der Waals surface area contributed by atoms with Crippen LogP contribution in [0.25, 0.3) is 0 Å². The molecule has 0 aromatic carbocycles. The van der Waals surface area contributed by atoms with E-state index in [1.165, 1.54) is 0 Å². The zero-order chi connectivity index (χ0) is 27.0. The Hall–Kier alpha value is -0.488. The molecule has 37 heteroatoms.